The predicted octanol–water partition coefficient (Wildman–Crippen LogP) is 3.62. The number of fused-ring (bicyclic) bond motifs is 2. The van der Waals surface area contributed by atoms with Crippen molar-refractivity contribution in [2.45, 2.75) is 20.4 Å². The zero-order valence-corrected chi connectivity index (χ0v) is 18.7. The minimum Gasteiger partial charge on any atom is -0.493 e. The standard InChI is InChI=1S/C24H27N5O3/c1-14(2)12-26-24(30)20-21-23(28-17-8-6-5-7-16(17)27-21)29(22(20)25)13-15-9-10-18(31-3)19(11-15)32-4/h5-11,14H,12-13,25H2,1-4H3,(H,26,30). The van der Waals surface area contributed by atoms with E-state index in [1.807, 2.05) is 60.9 Å². The van der Waals surface area contributed by atoms with E-state index in [-0.39, 0.29) is 5.91 Å². The van der Waals surface area contributed by atoms with Crippen LogP contribution in [0.5, 0.6) is 11.5 Å². The summed E-state index contributed by atoms with van der Waals surface area (Å²) in [6.45, 7) is 5.02. The number of nitrogens with two attached hydrogens (primary N) is 1. The van der Waals surface area contributed by atoms with Gasteiger partial charge < -0.3 is 25.1 Å². The molecule has 0 fully saturated rings. The van der Waals surface area contributed by atoms with Crippen LogP contribution in [0, 0.1) is 5.92 Å². The molecule has 0 saturated carbocycles. The average molecular weight is 434 g/mol. The van der Waals surface area contributed by atoms with Crippen LogP contribution in [0.2, 0.25) is 0 Å². The van der Waals surface area contributed by atoms with Gasteiger partial charge in [-0.15, -0.1) is 0 Å². The van der Waals surface area contributed by atoms with Gasteiger partial charge in [-0.25, -0.2) is 9.97 Å². The Labute approximate surface area is 186 Å². The molecule has 2 heterocycles. The highest BCUT2D eigenvalue weighted by molar-refractivity contribution is 6.10. The van der Waals surface area contributed by atoms with Gasteiger partial charge in [0, 0.05) is 6.54 Å². The number of carbonyl (C=O) groups excluding carboxylic acids is 1. The van der Waals surface area contributed by atoms with Crippen LogP contribution < -0.4 is 20.5 Å². The van der Waals surface area contributed by atoms with Crippen molar-refractivity contribution in [1.29, 1.82) is 0 Å². The molecule has 0 aliphatic rings. The molecule has 2 aromatic heterocycles. The molecule has 32 heavy (non-hydrogen) atoms. The van der Waals surface area contributed by atoms with E-state index in [1.54, 1.807) is 14.2 Å². The van der Waals surface area contributed by atoms with Gasteiger partial charge in [-0.2, -0.15) is 0 Å². The normalized spacial score (nSPS) is 11.3. The van der Waals surface area contributed by atoms with E-state index in [0.717, 1.165) is 11.1 Å². The Morgan fingerprint density at radius 1 is 1.06 bits per heavy atom. The summed E-state index contributed by atoms with van der Waals surface area (Å²) in [7, 11) is 3.19. The van der Waals surface area contributed by atoms with Gasteiger partial charge in [0.15, 0.2) is 17.1 Å². The van der Waals surface area contributed by atoms with Crippen molar-refractivity contribution >= 4 is 33.9 Å². The third-order valence-electron chi connectivity index (χ3n) is 5.28. The smallest absolute Gasteiger partial charge is 0.257 e. The van der Waals surface area contributed by atoms with E-state index in [0.29, 0.717) is 58.6 Å². The quantitative estimate of drug-likeness (QED) is 0.461. The van der Waals surface area contributed by atoms with Crippen LogP contribution in [-0.2, 0) is 6.54 Å². The fourth-order valence-corrected chi connectivity index (χ4v) is 3.65. The molecule has 0 unspecified atom stereocenters. The molecule has 8 nitrogen and oxygen atoms in total. The van der Waals surface area contributed by atoms with Crippen LogP contribution in [0.15, 0.2) is 42.5 Å². The molecule has 0 aliphatic carbocycles. The minimum atomic E-state index is -0.253. The highest BCUT2D eigenvalue weighted by atomic mass is 16.5. The number of rotatable bonds is 7. The number of nitrogens with zero attached hydrogens (tertiary/aromatic N) is 3. The topological polar surface area (TPSA) is 104 Å². The van der Waals surface area contributed by atoms with E-state index in [2.05, 4.69) is 5.32 Å². The Bertz CT molecular complexity index is 1300. The molecule has 0 bridgehead atoms. The molecule has 3 N–H and O–H groups in total. The molecular weight excluding hydrogens is 406 g/mol. The van der Waals surface area contributed by atoms with E-state index >= 15 is 0 Å². The van der Waals surface area contributed by atoms with Gasteiger partial charge in [0.1, 0.15) is 16.9 Å². The number of hydrogen-bond acceptors (Lipinski definition) is 6. The summed E-state index contributed by atoms with van der Waals surface area (Å²) < 4.78 is 12.6. The van der Waals surface area contributed by atoms with Gasteiger partial charge in [0.05, 0.1) is 31.8 Å². The largest absolute Gasteiger partial charge is 0.493 e. The van der Waals surface area contributed by atoms with Gasteiger partial charge in [-0.3, -0.25) is 4.79 Å². The number of amides is 1. The van der Waals surface area contributed by atoms with Crippen molar-refractivity contribution in [1.82, 2.24) is 19.9 Å². The first kappa shape index (κ1) is 21.4. The molecule has 0 spiro atoms. The van der Waals surface area contributed by atoms with Gasteiger partial charge >= 0.3 is 0 Å². The number of aromatic nitrogens is 3. The first-order chi connectivity index (χ1) is 15.4. The Balaban J connectivity index is 1.87. The summed E-state index contributed by atoms with van der Waals surface area (Å²) in [6, 6.07) is 13.2. The second-order valence-corrected chi connectivity index (χ2v) is 8.02. The van der Waals surface area contributed by atoms with Gasteiger partial charge in [-0.05, 0) is 35.7 Å². The molecule has 4 aromatic rings. The molecule has 166 valence electrons. The van der Waals surface area contributed by atoms with Gasteiger partial charge in [0.25, 0.3) is 5.91 Å². The summed E-state index contributed by atoms with van der Waals surface area (Å²) in [5.41, 5.74) is 10.3. The van der Waals surface area contributed by atoms with E-state index in [9.17, 15) is 4.79 Å². The number of nitrogen functional groups attached to an aromatic ring is 1. The SMILES string of the molecule is COc1ccc(Cn2c(N)c(C(=O)NCC(C)C)c3nc4ccccc4nc32)cc1OC. The number of carbonyl (C=O) groups is 1. The third kappa shape index (κ3) is 3.91. The minimum absolute atomic E-state index is 0.253. The van der Waals surface area contributed by atoms with Crippen molar-refractivity contribution in [3.05, 3.63) is 53.6 Å². The summed E-state index contributed by atoms with van der Waals surface area (Å²) in [5.74, 6) is 1.64. The summed E-state index contributed by atoms with van der Waals surface area (Å²) in [6.07, 6.45) is 0. The van der Waals surface area contributed by atoms with Crippen LogP contribution in [0.25, 0.3) is 22.2 Å². The summed E-state index contributed by atoms with van der Waals surface area (Å²) >= 11 is 0. The van der Waals surface area contributed by atoms with Crippen molar-refractivity contribution < 1.29 is 14.3 Å². The predicted molar refractivity (Wildman–Crippen MR) is 125 cm³/mol. The lowest BCUT2D eigenvalue weighted by Crippen LogP contribution is -2.28. The fraction of sp³-hybridized carbons (Fsp3) is 0.292. The van der Waals surface area contributed by atoms with Crippen LogP contribution in [0.3, 0.4) is 0 Å². The molecule has 1 amide bonds. The number of nitrogens with one attached hydrogen (secondary N) is 1. The van der Waals surface area contributed by atoms with Crippen LogP contribution in [-0.4, -0.2) is 41.2 Å². The fourth-order valence-electron chi connectivity index (χ4n) is 3.65. The highest BCUT2D eigenvalue weighted by Crippen LogP contribution is 2.31. The maximum atomic E-state index is 13.1. The monoisotopic (exact) mass is 433 g/mol. The zero-order chi connectivity index (χ0) is 22.8. The van der Waals surface area contributed by atoms with Gasteiger partial charge in [0.2, 0.25) is 0 Å². The summed E-state index contributed by atoms with van der Waals surface area (Å²) in [4.78, 5) is 22.6. The maximum absolute atomic E-state index is 13.1. The van der Waals surface area contributed by atoms with Crippen molar-refractivity contribution in [2.24, 2.45) is 5.92 Å². The first-order valence-corrected chi connectivity index (χ1v) is 10.5. The second kappa shape index (κ2) is 8.74. The molecule has 0 atom stereocenters. The number of anilines is 1. The number of hydrogen-bond donors (Lipinski definition) is 2. The lowest BCUT2D eigenvalue weighted by molar-refractivity contribution is 0.0951. The third-order valence-corrected chi connectivity index (χ3v) is 5.28. The van der Waals surface area contributed by atoms with Crippen molar-refractivity contribution in [3.63, 3.8) is 0 Å². The molecule has 0 aliphatic heterocycles. The van der Waals surface area contributed by atoms with Crippen molar-refractivity contribution in [2.75, 3.05) is 26.5 Å². The van der Waals surface area contributed by atoms with Crippen LogP contribution >= 0.6 is 0 Å². The Kier molecular flexibility index (Phi) is 5.85. The number of methoxy groups -OCH3 is 2. The molecule has 2 aromatic carbocycles. The molecule has 0 radical (unpaired) electrons. The number of ether oxygens (including phenoxy) is 2. The second-order valence-electron chi connectivity index (χ2n) is 8.02. The lowest BCUT2D eigenvalue weighted by atomic mass is 10.2. The van der Waals surface area contributed by atoms with Crippen LogP contribution in [0.1, 0.15) is 29.8 Å². The number of benzene rings is 2. The molecule has 8 heteroatoms. The van der Waals surface area contributed by atoms with Gasteiger partial charge in [-0.1, -0.05) is 32.0 Å². The summed E-state index contributed by atoms with van der Waals surface area (Å²) in [5, 5.41) is 2.95. The zero-order valence-electron chi connectivity index (χ0n) is 18.7. The highest BCUT2D eigenvalue weighted by Gasteiger charge is 2.24. The Morgan fingerprint density at radius 3 is 2.41 bits per heavy atom. The first-order valence-electron chi connectivity index (χ1n) is 10.5. The molecule has 4 rings (SSSR count). The van der Waals surface area contributed by atoms with Crippen molar-refractivity contribution in [3.8, 4) is 11.5 Å². The lowest BCUT2D eigenvalue weighted by Gasteiger charge is -2.12. The molecular formula is C24H27N5O3. The van der Waals surface area contributed by atoms with E-state index < -0.39 is 0 Å². The maximum Gasteiger partial charge on any atom is 0.257 e. The number of para-hydroxylation sites is 2. The van der Waals surface area contributed by atoms with Crippen LogP contribution in [0.4, 0.5) is 5.82 Å². The Hall–Kier alpha value is -3.81. The average Bonchev–Trinajstić information content (AvgIpc) is 3.06. The molecule has 0 saturated heterocycles. The van der Waals surface area contributed by atoms with E-state index in [4.69, 9.17) is 25.2 Å². The Morgan fingerprint density at radius 2 is 1.75 bits per heavy atom. The van der Waals surface area contributed by atoms with E-state index in [1.165, 1.54) is 0 Å².